The number of para-hydroxylation sites is 1. The van der Waals surface area contributed by atoms with Gasteiger partial charge in [0.05, 0.1) is 24.7 Å². The van der Waals surface area contributed by atoms with Crippen LogP contribution in [0.1, 0.15) is 40.9 Å². The molecule has 1 amide bonds. The van der Waals surface area contributed by atoms with Crippen LogP contribution in [0.3, 0.4) is 0 Å². The molecule has 2 atom stereocenters. The molecule has 1 spiro atoms. The highest BCUT2D eigenvalue weighted by atomic mass is 16.5. The summed E-state index contributed by atoms with van der Waals surface area (Å²) < 4.78 is 6.23. The first kappa shape index (κ1) is 15.6. The molecule has 0 radical (unpaired) electrons. The number of hydrogen-bond donors (Lipinski definition) is 1. The lowest BCUT2D eigenvalue weighted by molar-refractivity contribution is -0.135. The number of aromatic amines is 1. The Balaban J connectivity index is 1.32. The van der Waals surface area contributed by atoms with Crippen molar-refractivity contribution >= 4 is 11.7 Å². The molecule has 1 fully saturated rings. The van der Waals surface area contributed by atoms with E-state index in [2.05, 4.69) is 10.2 Å². The molecule has 26 heavy (non-hydrogen) atoms. The molecular weight excluding hydrogens is 330 g/mol. The molecule has 6 heteroatoms. The van der Waals surface area contributed by atoms with Gasteiger partial charge < -0.3 is 9.64 Å². The molecule has 2 aromatic rings. The predicted octanol–water partition coefficient (Wildman–Crippen LogP) is 2.15. The van der Waals surface area contributed by atoms with Gasteiger partial charge in [0.15, 0.2) is 5.78 Å². The number of ether oxygens (including phenoxy) is 1. The first-order valence-corrected chi connectivity index (χ1v) is 9.25. The Bertz CT molecular complexity index is 890. The fourth-order valence-electron chi connectivity index (χ4n) is 4.58. The summed E-state index contributed by atoms with van der Waals surface area (Å²) >= 11 is 0. The minimum Gasteiger partial charge on any atom is -0.484 e. The zero-order valence-electron chi connectivity index (χ0n) is 14.5. The molecule has 0 saturated carbocycles. The number of amides is 1. The lowest BCUT2D eigenvalue weighted by Gasteiger charge is -2.35. The summed E-state index contributed by atoms with van der Waals surface area (Å²) in [6, 6.07) is 7.40. The van der Waals surface area contributed by atoms with E-state index in [4.69, 9.17) is 4.74 Å². The summed E-state index contributed by atoms with van der Waals surface area (Å²) in [4.78, 5) is 27.5. The average molecular weight is 351 g/mol. The van der Waals surface area contributed by atoms with Gasteiger partial charge in [-0.15, -0.1) is 0 Å². The maximum absolute atomic E-state index is 13.0. The van der Waals surface area contributed by atoms with Crippen molar-refractivity contribution in [1.82, 2.24) is 15.1 Å². The van der Waals surface area contributed by atoms with Crippen molar-refractivity contribution in [3.8, 4) is 5.75 Å². The van der Waals surface area contributed by atoms with Crippen LogP contribution in [0.5, 0.6) is 5.75 Å². The third-order valence-corrected chi connectivity index (χ3v) is 5.99. The van der Waals surface area contributed by atoms with Crippen molar-refractivity contribution in [2.75, 3.05) is 13.1 Å². The number of H-pyrrole nitrogens is 1. The normalized spacial score (nSPS) is 27.2. The van der Waals surface area contributed by atoms with E-state index in [9.17, 15) is 9.59 Å². The standard InChI is InChI=1S/C20H21N3O3/c24-17-10-20(26-18-4-2-1-3-15(17)18)7-8-23(12-20)19(25)13-5-6-14-11-21-22-16(14)9-13/h1-4,11,13H,5-10,12H2,(H,21,22). The lowest BCUT2D eigenvalue weighted by Crippen LogP contribution is -2.46. The number of nitrogens with zero attached hydrogens (tertiary/aromatic N) is 2. The number of rotatable bonds is 1. The first-order valence-electron chi connectivity index (χ1n) is 9.25. The first-order chi connectivity index (χ1) is 12.6. The number of carbonyl (C=O) groups excluding carboxylic acids is 2. The van der Waals surface area contributed by atoms with Crippen LogP contribution in [0.4, 0.5) is 0 Å². The van der Waals surface area contributed by atoms with Crippen LogP contribution in [0.2, 0.25) is 0 Å². The number of hydrogen-bond acceptors (Lipinski definition) is 4. The largest absolute Gasteiger partial charge is 0.484 e. The van der Waals surface area contributed by atoms with Crippen LogP contribution < -0.4 is 4.74 Å². The van der Waals surface area contributed by atoms with Gasteiger partial charge in [-0.25, -0.2) is 0 Å². The molecule has 134 valence electrons. The van der Waals surface area contributed by atoms with E-state index in [1.807, 2.05) is 35.4 Å². The van der Waals surface area contributed by atoms with Gasteiger partial charge in [-0.1, -0.05) is 12.1 Å². The highest BCUT2D eigenvalue weighted by molar-refractivity contribution is 6.00. The van der Waals surface area contributed by atoms with Gasteiger partial charge in [-0.2, -0.15) is 5.10 Å². The molecule has 2 unspecified atom stereocenters. The Morgan fingerprint density at radius 3 is 3.15 bits per heavy atom. The number of aromatic nitrogens is 2. The number of Topliss-reactive ketones (excluding diaryl/α,β-unsaturated/α-hetero) is 1. The molecule has 0 bridgehead atoms. The Morgan fingerprint density at radius 1 is 1.35 bits per heavy atom. The topological polar surface area (TPSA) is 75.3 Å². The molecule has 1 aliphatic carbocycles. The number of fused-ring (bicyclic) bond motifs is 2. The van der Waals surface area contributed by atoms with Crippen LogP contribution in [0, 0.1) is 5.92 Å². The Kier molecular flexibility index (Phi) is 3.42. The monoisotopic (exact) mass is 351 g/mol. The molecular formula is C20H21N3O3. The van der Waals surface area contributed by atoms with Gasteiger partial charge in [-0.3, -0.25) is 14.7 Å². The predicted molar refractivity (Wildman–Crippen MR) is 94.0 cm³/mol. The molecule has 2 aliphatic heterocycles. The molecule has 1 saturated heterocycles. The van der Waals surface area contributed by atoms with Gasteiger partial charge in [0.2, 0.25) is 5.91 Å². The van der Waals surface area contributed by atoms with Crippen LogP contribution in [-0.2, 0) is 17.6 Å². The lowest BCUT2D eigenvalue weighted by atomic mass is 9.87. The summed E-state index contributed by atoms with van der Waals surface area (Å²) in [6.45, 7) is 1.15. The number of likely N-dealkylation sites (tertiary alicyclic amines) is 1. The van der Waals surface area contributed by atoms with E-state index in [1.165, 1.54) is 5.56 Å². The summed E-state index contributed by atoms with van der Waals surface area (Å²) in [5.41, 5.74) is 2.41. The highest BCUT2D eigenvalue weighted by Crippen LogP contribution is 2.39. The van der Waals surface area contributed by atoms with Gasteiger partial charge >= 0.3 is 0 Å². The summed E-state index contributed by atoms with van der Waals surface area (Å²) in [7, 11) is 0. The SMILES string of the molecule is O=C1CC2(CCN(C(=O)C3CCc4cn[nH]c4C3)C2)Oc2ccccc21. The second kappa shape index (κ2) is 5.69. The van der Waals surface area contributed by atoms with E-state index < -0.39 is 5.60 Å². The molecule has 1 aromatic heterocycles. The van der Waals surface area contributed by atoms with E-state index in [0.717, 1.165) is 25.0 Å². The highest BCUT2D eigenvalue weighted by Gasteiger charge is 2.47. The van der Waals surface area contributed by atoms with Crippen LogP contribution >= 0.6 is 0 Å². The summed E-state index contributed by atoms with van der Waals surface area (Å²) in [6.07, 6.45) is 5.39. The smallest absolute Gasteiger partial charge is 0.226 e. The Labute approximate surface area is 151 Å². The van der Waals surface area contributed by atoms with E-state index >= 15 is 0 Å². The van der Waals surface area contributed by atoms with Crippen molar-refractivity contribution in [2.24, 2.45) is 5.92 Å². The van der Waals surface area contributed by atoms with Crippen molar-refractivity contribution < 1.29 is 14.3 Å². The fourth-order valence-corrected chi connectivity index (χ4v) is 4.58. The third kappa shape index (κ3) is 2.43. The van der Waals surface area contributed by atoms with E-state index in [1.54, 1.807) is 0 Å². The molecule has 3 heterocycles. The van der Waals surface area contributed by atoms with Gasteiger partial charge in [-0.05, 0) is 30.5 Å². The zero-order valence-corrected chi connectivity index (χ0v) is 14.5. The van der Waals surface area contributed by atoms with Crippen molar-refractivity contribution in [1.29, 1.82) is 0 Å². The molecule has 1 N–H and O–H groups in total. The molecule has 6 nitrogen and oxygen atoms in total. The van der Waals surface area contributed by atoms with Crippen molar-refractivity contribution in [3.63, 3.8) is 0 Å². The molecule has 3 aliphatic rings. The van der Waals surface area contributed by atoms with Gasteiger partial charge in [0.1, 0.15) is 11.4 Å². The van der Waals surface area contributed by atoms with Crippen LogP contribution in [-0.4, -0.2) is 45.5 Å². The summed E-state index contributed by atoms with van der Waals surface area (Å²) in [5, 5.41) is 7.10. The quantitative estimate of drug-likeness (QED) is 0.854. The number of ketones is 1. The molecule has 5 rings (SSSR count). The number of benzene rings is 1. The third-order valence-electron chi connectivity index (χ3n) is 5.99. The van der Waals surface area contributed by atoms with Crippen molar-refractivity contribution in [2.45, 2.75) is 37.7 Å². The van der Waals surface area contributed by atoms with E-state index in [-0.39, 0.29) is 17.6 Å². The van der Waals surface area contributed by atoms with Crippen LogP contribution in [0.15, 0.2) is 30.5 Å². The average Bonchev–Trinajstić information content (AvgIpc) is 3.27. The molecule has 1 aromatic carbocycles. The summed E-state index contributed by atoms with van der Waals surface area (Å²) in [5.74, 6) is 0.931. The maximum atomic E-state index is 13.0. The zero-order chi connectivity index (χ0) is 17.7. The number of carbonyl (C=O) groups is 2. The Morgan fingerprint density at radius 2 is 2.23 bits per heavy atom. The fraction of sp³-hybridized carbons (Fsp3) is 0.450. The van der Waals surface area contributed by atoms with E-state index in [0.29, 0.717) is 37.2 Å². The maximum Gasteiger partial charge on any atom is 0.226 e. The minimum atomic E-state index is -0.561. The minimum absolute atomic E-state index is 0.00956. The Hall–Kier alpha value is -2.63. The van der Waals surface area contributed by atoms with Gasteiger partial charge in [0, 0.05) is 31.0 Å². The van der Waals surface area contributed by atoms with Crippen molar-refractivity contribution in [3.05, 3.63) is 47.3 Å². The van der Waals surface area contributed by atoms with Gasteiger partial charge in [0.25, 0.3) is 0 Å². The number of aryl methyl sites for hydroxylation is 1. The number of nitrogens with one attached hydrogen (secondary N) is 1. The second-order valence-corrected chi connectivity index (χ2v) is 7.70. The second-order valence-electron chi connectivity index (χ2n) is 7.70. The van der Waals surface area contributed by atoms with Crippen LogP contribution in [0.25, 0.3) is 0 Å².